The maximum absolute atomic E-state index is 10.9. The van der Waals surface area contributed by atoms with E-state index in [1.165, 1.54) is 16.3 Å². The van der Waals surface area contributed by atoms with Crippen molar-refractivity contribution < 1.29 is 14.7 Å². The number of para-hydroxylation sites is 1. The Labute approximate surface area is 163 Å². The molecule has 0 saturated carbocycles. The number of carboxylic acid groups (broad SMARTS) is 1. The summed E-state index contributed by atoms with van der Waals surface area (Å²) in [5.74, 6) is -1.05. The number of H-pyrrole nitrogens is 1. The van der Waals surface area contributed by atoms with Crippen LogP contribution < -0.4 is 5.32 Å². The van der Waals surface area contributed by atoms with E-state index < -0.39 is 12.0 Å². The maximum Gasteiger partial charge on any atom is 0.326 e. The Bertz CT molecular complexity index is 1070. The molecule has 5 heteroatoms. The maximum atomic E-state index is 10.9. The molecule has 4 aromatic rings. The Kier molecular flexibility index (Phi) is 6.07. The van der Waals surface area contributed by atoms with Crippen molar-refractivity contribution >= 4 is 34.1 Å². The van der Waals surface area contributed by atoms with Crippen LogP contribution in [-0.4, -0.2) is 28.5 Å². The zero-order chi connectivity index (χ0) is 19.9. The van der Waals surface area contributed by atoms with Crippen LogP contribution in [-0.2, 0) is 16.0 Å². The number of carbonyl (C=O) groups excluding carboxylic acids is 1. The van der Waals surface area contributed by atoms with Gasteiger partial charge in [0, 0.05) is 17.6 Å². The molecule has 4 rings (SSSR count). The topological polar surface area (TPSA) is 82.2 Å². The minimum Gasteiger partial charge on any atom is -0.480 e. The van der Waals surface area contributed by atoms with Crippen molar-refractivity contribution in [3.8, 4) is 0 Å². The van der Waals surface area contributed by atoms with Gasteiger partial charge in [-0.3, -0.25) is 4.79 Å². The molecular weight excluding hydrogens is 352 g/mol. The highest BCUT2D eigenvalue weighted by Crippen LogP contribution is 2.16. The molecule has 5 nitrogen and oxygen atoms in total. The fraction of sp³-hybridized carbons (Fsp3) is 0.130. The van der Waals surface area contributed by atoms with Crippen LogP contribution in [0, 0.1) is 6.92 Å². The molecule has 3 N–H and O–H groups in total. The molecule has 28 heavy (non-hydrogen) atoms. The summed E-state index contributed by atoms with van der Waals surface area (Å²) in [5, 5.41) is 14.8. The summed E-state index contributed by atoms with van der Waals surface area (Å²) >= 11 is 0. The van der Waals surface area contributed by atoms with E-state index in [1.807, 2.05) is 30.3 Å². The van der Waals surface area contributed by atoms with Crippen LogP contribution in [0.15, 0.2) is 72.8 Å². The van der Waals surface area contributed by atoms with Gasteiger partial charge in [0.1, 0.15) is 6.04 Å². The molecule has 1 amide bonds. The van der Waals surface area contributed by atoms with Crippen LogP contribution in [0.4, 0.5) is 0 Å². The Morgan fingerprint density at radius 2 is 1.68 bits per heavy atom. The number of rotatable bonds is 5. The van der Waals surface area contributed by atoms with Gasteiger partial charge < -0.3 is 15.4 Å². The van der Waals surface area contributed by atoms with E-state index in [1.54, 1.807) is 0 Å². The number of aromatic amines is 1. The lowest BCUT2D eigenvalue weighted by Crippen LogP contribution is -2.37. The average molecular weight is 374 g/mol. The van der Waals surface area contributed by atoms with Gasteiger partial charge in [0.25, 0.3) is 0 Å². The number of fused-ring (bicyclic) bond motifs is 2. The van der Waals surface area contributed by atoms with Gasteiger partial charge in [-0.2, -0.15) is 0 Å². The van der Waals surface area contributed by atoms with E-state index in [2.05, 4.69) is 59.7 Å². The summed E-state index contributed by atoms with van der Waals surface area (Å²) in [7, 11) is 0. The Morgan fingerprint density at radius 1 is 1.00 bits per heavy atom. The molecule has 0 saturated heterocycles. The van der Waals surface area contributed by atoms with Crippen LogP contribution in [0.5, 0.6) is 0 Å². The number of benzene rings is 3. The Morgan fingerprint density at radius 3 is 2.36 bits per heavy atom. The van der Waals surface area contributed by atoms with Gasteiger partial charge in [-0.05, 0) is 35.2 Å². The molecule has 1 heterocycles. The lowest BCUT2D eigenvalue weighted by molar-refractivity contribution is -0.140. The van der Waals surface area contributed by atoms with Gasteiger partial charge in [-0.15, -0.1) is 0 Å². The number of aliphatic carboxylic acids is 1. The minimum absolute atomic E-state index is 0.239. The highest BCUT2D eigenvalue weighted by atomic mass is 16.4. The second kappa shape index (κ2) is 8.86. The van der Waals surface area contributed by atoms with E-state index in [9.17, 15) is 9.59 Å². The van der Waals surface area contributed by atoms with Gasteiger partial charge >= 0.3 is 5.97 Å². The summed E-state index contributed by atoms with van der Waals surface area (Å²) in [6.45, 7) is 2.12. The van der Waals surface area contributed by atoms with Crippen LogP contribution in [0.2, 0.25) is 0 Å². The van der Waals surface area contributed by atoms with Crippen LogP contribution >= 0.6 is 0 Å². The number of carbonyl (C=O) groups is 2. The first-order valence-corrected chi connectivity index (χ1v) is 9.01. The molecule has 0 radical (unpaired) electrons. The van der Waals surface area contributed by atoms with Gasteiger partial charge in [-0.25, -0.2) is 4.79 Å². The molecule has 0 aliphatic carbocycles. The quantitative estimate of drug-likeness (QED) is 0.461. The molecular formula is C23H22N2O3. The number of aromatic nitrogens is 1. The summed E-state index contributed by atoms with van der Waals surface area (Å²) in [5.41, 5.74) is 3.06. The second-order valence-corrected chi connectivity index (χ2v) is 6.61. The molecule has 1 unspecified atom stereocenters. The molecule has 0 spiro atoms. The van der Waals surface area contributed by atoms with Crippen LogP contribution in [0.3, 0.4) is 0 Å². The monoisotopic (exact) mass is 374 g/mol. The van der Waals surface area contributed by atoms with Crippen LogP contribution in [0.1, 0.15) is 11.3 Å². The van der Waals surface area contributed by atoms with Gasteiger partial charge in [-0.1, -0.05) is 66.2 Å². The summed E-state index contributed by atoms with van der Waals surface area (Å²) in [4.78, 5) is 24.3. The predicted molar refractivity (Wildman–Crippen MR) is 111 cm³/mol. The first kappa shape index (κ1) is 19.2. The Balaban J connectivity index is 0.000000176. The molecule has 1 aromatic heterocycles. The normalized spacial score (nSPS) is 11.5. The van der Waals surface area contributed by atoms with E-state index in [0.29, 0.717) is 6.41 Å². The number of hydrogen-bond acceptors (Lipinski definition) is 2. The van der Waals surface area contributed by atoms with Crippen molar-refractivity contribution in [1.82, 2.24) is 10.3 Å². The smallest absolute Gasteiger partial charge is 0.326 e. The third kappa shape index (κ3) is 4.76. The van der Waals surface area contributed by atoms with Gasteiger partial charge in [0.05, 0.1) is 0 Å². The number of amides is 1. The number of hydrogen-bond donors (Lipinski definition) is 3. The molecule has 3 aromatic carbocycles. The van der Waals surface area contributed by atoms with Gasteiger partial charge in [0.15, 0.2) is 0 Å². The molecule has 0 aliphatic rings. The fourth-order valence-electron chi connectivity index (χ4n) is 3.07. The van der Waals surface area contributed by atoms with E-state index in [0.717, 1.165) is 16.6 Å². The third-order valence-electron chi connectivity index (χ3n) is 4.48. The zero-order valence-electron chi connectivity index (χ0n) is 15.6. The standard InChI is InChI=1S/C12H12N2O3.C11H10/c15-7-13-11(12(16)17)6-9-5-8-3-1-2-4-10(8)14-9;1-9-6-7-10-4-2-3-5-11(10)8-9/h1-5,7,11,14H,6H2,(H,13,15)(H,16,17);2-8H,1H3. The highest BCUT2D eigenvalue weighted by Gasteiger charge is 2.17. The summed E-state index contributed by atoms with van der Waals surface area (Å²) in [6, 6.07) is 23.6. The van der Waals surface area contributed by atoms with Crippen LogP contribution in [0.25, 0.3) is 21.7 Å². The van der Waals surface area contributed by atoms with E-state index >= 15 is 0 Å². The summed E-state index contributed by atoms with van der Waals surface area (Å²) in [6.07, 6.45) is 0.643. The summed E-state index contributed by atoms with van der Waals surface area (Å²) < 4.78 is 0. The lowest BCUT2D eigenvalue weighted by Gasteiger charge is -2.09. The fourth-order valence-corrected chi connectivity index (χ4v) is 3.07. The number of carboxylic acids is 1. The SMILES string of the molecule is Cc1ccc2ccccc2c1.O=CNC(Cc1cc2ccccc2[nH]1)C(=O)O. The molecule has 0 fully saturated rings. The van der Waals surface area contributed by atoms with Gasteiger partial charge in [0.2, 0.25) is 6.41 Å². The molecule has 0 aliphatic heterocycles. The van der Waals surface area contributed by atoms with E-state index in [-0.39, 0.29) is 6.42 Å². The van der Waals surface area contributed by atoms with Crippen molar-refractivity contribution in [3.05, 3.63) is 84.1 Å². The largest absolute Gasteiger partial charge is 0.480 e. The third-order valence-corrected chi connectivity index (χ3v) is 4.48. The average Bonchev–Trinajstić information content (AvgIpc) is 3.10. The first-order valence-electron chi connectivity index (χ1n) is 9.01. The highest BCUT2D eigenvalue weighted by molar-refractivity contribution is 5.83. The Hall–Kier alpha value is -3.60. The molecule has 1 atom stereocenters. The van der Waals surface area contributed by atoms with Crippen molar-refractivity contribution in [2.75, 3.05) is 0 Å². The number of aryl methyl sites for hydroxylation is 1. The van der Waals surface area contributed by atoms with Crippen molar-refractivity contribution in [1.29, 1.82) is 0 Å². The first-order chi connectivity index (χ1) is 13.6. The predicted octanol–water partition coefficient (Wildman–Crippen LogP) is 4.06. The van der Waals surface area contributed by atoms with Crippen molar-refractivity contribution in [3.63, 3.8) is 0 Å². The number of nitrogens with one attached hydrogen (secondary N) is 2. The lowest BCUT2D eigenvalue weighted by atomic mass is 10.1. The molecule has 0 bridgehead atoms. The zero-order valence-corrected chi connectivity index (χ0v) is 15.6. The minimum atomic E-state index is -1.05. The van der Waals surface area contributed by atoms with Crippen molar-refractivity contribution in [2.45, 2.75) is 19.4 Å². The van der Waals surface area contributed by atoms with Crippen molar-refractivity contribution in [2.24, 2.45) is 0 Å². The molecule has 142 valence electrons. The van der Waals surface area contributed by atoms with E-state index in [4.69, 9.17) is 5.11 Å². The second-order valence-electron chi connectivity index (χ2n) is 6.61.